The van der Waals surface area contributed by atoms with Gasteiger partial charge in [0.15, 0.2) is 0 Å². The number of rotatable bonds is 8. The Morgan fingerprint density at radius 2 is 1.71 bits per heavy atom. The largest absolute Gasteiger partial charge is 0.460 e. The van der Waals surface area contributed by atoms with Gasteiger partial charge in [-0.2, -0.15) is 9.98 Å². The van der Waals surface area contributed by atoms with Gasteiger partial charge in [-0.15, -0.1) is 0 Å². The second kappa shape index (κ2) is 9.49. The first-order valence-electron chi connectivity index (χ1n) is 8.96. The number of hydrogen-bond acceptors (Lipinski definition) is 5. The fourth-order valence-electron chi connectivity index (χ4n) is 2.57. The minimum Gasteiger partial charge on any atom is -0.460 e. The number of sulfonamides is 1. The molecule has 148 valence electrons. The number of nitrogens with zero attached hydrogens (tertiary/aromatic N) is 1. The highest BCUT2D eigenvalue weighted by atomic mass is 32.2. The lowest BCUT2D eigenvalue weighted by atomic mass is 10.0. The molecule has 0 aromatic heterocycles. The van der Waals surface area contributed by atoms with Crippen molar-refractivity contribution in [1.29, 1.82) is 5.26 Å². The topological polar surface area (TPSA) is 96.3 Å². The lowest BCUT2D eigenvalue weighted by Crippen LogP contribution is -2.42. The zero-order valence-electron chi connectivity index (χ0n) is 16.2. The van der Waals surface area contributed by atoms with Crippen LogP contribution in [0, 0.1) is 24.2 Å². The van der Waals surface area contributed by atoms with E-state index in [-0.39, 0.29) is 17.4 Å². The average Bonchev–Trinajstić information content (AvgIpc) is 2.65. The summed E-state index contributed by atoms with van der Waals surface area (Å²) in [5, 5.41) is 8.82. The predicted octanol–water partition coefficient (Wildman–Crippen LogP) is 3.30. The molecule has 0 bridgehead atoms. The molecule has 0 spiro atoms. The van der Waals surface area contributed by atoms with Crippen molar-refractivity contribution in [1.82, 2.24) is 4.72 Å². The number of benzene rings is 2. The number of ether oxygens (including phenoxy) is 1. The molecule has 1 N–H and O–H groups in total. The summed E-state index contributed by atoms with van der Waals surface area (Å²) in [5.74, 6) is -0.540. The van der Waals surface area contributed by atoms with E-state index in [2.05, 4.69) is 4.72 Å². The highest BCUT2D eigenvalue weighted by molar-refractivity contribution is 7.89. The standard InChI is InChI=1S/C21H24N2O4S/c1-15(2)12-20(23-28(25,26)19-10-4-16(3)5-11-19)21(24)27-14-18-8-6-17(13-22)7-9-18/h4-11,15,20,23H,12,14H2,1-3H3/t20-/m1/s1. The van der Waals surface area contributed by atoms with Crippen molar-refractivity contribution in [3.05, 3.63) is 65.2 Å². The number of carbonyl (C=O) groups is 1. The van der Waals surface area contributed by atoms with Crippen LogP contribution >= 0.6 is 0 Å². The average molecular weight is 401 g/mol. The predicted molar refractivity (Wildman–Crippen MR) is 106 cm³/mol. The summed E-state index contributed by atoms with van der Waals surface area (Å²) in [6.07, 6.45) is 0.317. The van der Waals surface area contributed by atoms with Crippen molar-refractivity contribution >= 4 is 16.0 Å². The van der Waals surface area contributed by atoms with Gasteiger partial charge in [-0.25, -0.2) is 8.42 Å². The molecule has 1 atom stereocenters. The van der Waals surface area contributed by atoms with E-state index in [9.17, 15) is 13.2 Å². The summed E-state index contributed by atoms with van der Waals surface area (Å²) in [4.78, 5) is 12.6. The lowest BCUT2D eigenvalue weighted by molar-refractivity contribution is -0.147. The van der Waals surface area contributed by atoms with Gasteiger partial charge in [0.25, 0.3) is 0 Å². The summed E-state index contributed by atoms with van der Waals surface area (Å²) < 4.78 is 33.1. The maximum atomic E-state index is 12.6. The molecule has 0 aliphatic rings. The first-order chi connectivity index (χ1) is 13.2. The second-order valence-electron chi connectivity index (χ2n) is 7.03. The molecule has 7 heteroatoms. The van der Waals surface area contributed by atoms with Gasteiger partial charge in [0.1, 0.15) is 12.6 Å². The summed E-state index contributed by atoms with van der Waals surface area (Å²) >= 11 is 0. The second-order valence-corrected chi connectivity index (χ2v) is 8.75. The van der Waals surface area contributed by atoms with Crippen LogP contribution in [-0.2, 0) is 26.2 Å². The molecule has 0 fully saturated rings. The number of nitrogens with one attached hydrogen (secondary N) is 1. The van der Waals surface area contributed by atoms with Crippen LogP contribution in [0.2, 0.25) is 0 Å². The highest BCUT2D eigenvalue weighted by Gasteiger charge is 2.27. The van der Waals surface area contributed by atoms with Crippen molar-refractivity contribution in [2.45, 2.75) is 44.7 Å². The van der Waals surface area contributed by atoms with Gasteiger partial charge in [-0.05, 0) is 49.1 Å². The summed E-state index contributed by atoms with van der Waals surface area (Å²) in [6, 6.07) is 14.1. The Kier molecular flexibility index (Phi) is 7.32. The van der Waals surface area contributed by atoms with Crippen molar-refractivity contribution in [2.75, 3.05) is 0 Å². The molecule has 0 heterocycles. The molecule has 2 aromatic carbocycles. The molecule has 0 unspecified atom stereocenters. The molecule has 0 amide bonds. The Hall–Kier alpha value is -2.69. The van der Waals surface area contributed by atoms with Crippen LogP contribution < -0.4 is 4.72 Å². The van der Waals surface area contributed by atoms with E-state index in [1.54, 1.807) is 36.4 Å². The minimum absolute atomic E-state index is 0.00535. The SMILES string of the molecule is Cc1ccc(S(=O)(=O)N[C@H](CC(C)C)C(=O)OCc2ccc(C#N)cc2)cc1. The van der Waals surface area contributed by atoms with Gasteiger partial charge in [-0.3, -0.25) is 4.79 Å². The zero-order valence-corrected chi connectivity index (χ0v) is 17.0. The van der Waals surface area contributed by atoms with E-state index < -0.39 is 22.0 Å². The first kappa shape index (κ1) is 21.6. The zero-order chi connectivity index (χ0) is 20.7. The molecule has 2 aromatic rings. The normalized spacial score (nSPS) is 12.4. The van der Waals surface area contributed by atoms with Gasteiger partial charge in [0, 0.05) is 0 Å². The molecule has 6 nitrogen and oxygen atoms in total. The van der Waals surface area contributed by atoms with Gasteiger partial charge < -0.3 is 4.74 Å². The van der Waals surface area contributed by atoms with E-state index in [0.29, 0.717) is 12.0 Å². The molecular formula is C21H24N2O4S. The third kappa shape index (κ3) is 6.19. The third-order valence-corrected chi connectivity index (χ3v) is 5.57. The van der Waals surface area contributed by atoms with Crippen LogP contribution in [-0.4, -0.2) is 20.4 Å². The molecule has 2 rings (SSSR count). The summed E-state index contributed by atoms with van der Waals surface area (Å²) in [5.41, 5.74) is 2.18. The highest BCUT2D eigenvalue weighted by Crippen LogP contribution is 2.15. The van der Waals surface area contributed by atoms with Crippen LogP contribution in [0.4, 0.5) is 0 Å². The maximum absolute atomic E-state index is 12.6. The number of nitriles is 1. The van der Waals surface area contributed by atoms with Crippen molar-refractivity contribution in [2.24, 2.45) is 5.92 Å². The fraction of sp³-hybridized carbons (Fsp3) is 0.333. The van der Waals surface area contributed by atoms with Crippen molar-refractivity contribution in [3.8, 4) is 6.07 Å². The molecular weight excluding hydrogens is 376 g/mol. The molecule has 0 aliphatic carbocycles. The Labute approximate surface area is 166 Å². The minimum atomic E-state index is -3.85. The van der Waals surface area contributed by atoms with E-state index in [1.807, 2.05) is 26.8 Å². The number of hydrogen-bond donors (Lipinski definition) is 1. The van der Waals surface area contributed by atoms with Gasteiger partial charge >= 0.3 is 5.97 Å². The van der Waals surface area contributed by atoms with Gasteiger partial charge in [-0.1, -0.05) is 43.7 Å². The third-order valence-electron chi connectivity index (χ3n) is 4.08. The van der Waals surface area contributed by atoms with Crippen LogP contribution in [0.5, 0.6) is 0 Å². The van der Waals surface area contributed by atoms with E-state index >= 15 is 0 Å². The number of esters is 1. The fourth-order valence-corrected chi connectivity index (χ4v) is 3.76. The molecule has 0 aliphatic heterocycles. The Morgan fingerprint density at radius 1 is 1.11 bits per heavy atom. The lowest BCUT2D eigenvalue weighted by Gasteiger charge is -2.19. The quantitative estimate of drug-likeness (QED) is 0.686. The van der Waals surface area contributed by atoms with Crippen LogP contribution in [0.15, 0.2) is 53.4 Å². The Bertz CT molecular complexity index is 943. The molecule has 0 radical (unpaired) electrons. The number of carbonyl (C=O) groups excluding carboxylic acids is 1. The van der Waals surface area contributed by atoms with Crippen LogP contribution in [0.1, 0.15) is 37.0 Å². The smallest absolute Gasteiger partial charge is 0.324 e. The summed E-state index contributed by atoms with van der Waals surface area (Å²) in [6.45, 7) is 5.68. The van der Waals surface area contributed by atoms with Crippen LogP contribution in [0.3, 0.4) is 0 Å². The maximum Gasteiger partial charge on any atom is 0.324 e. The monoisotopic (exact) mass is 400 g/mol. The molecule has 0 saturated heterocycles. The Morgan fingerprint density at radius 3 is 2.25 bits per heavy atom. The first-order valence-corrected chi connectivity index (χ1v) is 10.4. The van der Waals surface area contributed by atoms with Crippen molar-refractivity contribution < 1.29 is 17.9 Å². The summed E-state index contributed by atoms with van der Waals surface area (Å²) in [7, 11) is -3.85. The van der Waals surface area contributed by atoms with Gasteiger partial charge in [0.2, 0.25) is 10.0 Å². The number of aryl methyl sites for hydroxylation is 1. The van der Waals surface area contributed by atoms with Gasteiger partial charge in [0.05, 0.1) is 16.5 Å². The van der Waals surface area contributed by atoms with E-state index in [1.165, 1.54) is 12.1 Å². The molecule has 0 saturated carbocycles. The molecule has 28 heavy (non-hydrogen) atoms. The van der Waals surface area contributed by atoms with E-state index in [4.69, 9.17) is 10.00 Å². The Balaban J connectivity index is 2.09. The van der Waals surface area contributed by atoms with Crippen molar-refractivity contribution in [3.63, 3.8) is 0 Å². The van der Waals surface area contributed by atoms with E-state index in [0.717, 1.165) is 11.1 Å². The van der Waals surface area contributed by atoms with Crippen LogP contribution in [0.25, 0.3) is 0 Å².